The van der Waals surface area contributed by atoms with Gasteiger partial charge in [0.2, 0.25) is 17.7 Å². The van der Waals surface area contributed by atoms with E-state index in [1.807, 2.05) is 0 Å². The van der Waals surface area contributed by atoms with Crippen LogP contribution in [-0.2, 0) is 14.4 Å². The second-order valence-electron chi connectivity index (χ2n) is 5.68. The lowest BCUT2D eigenvalue weighted by atomic mass is 10.0. The molecule has 0 bridgehead atoms. The first-order chi connectivity index (χ1) is 10.0. The molecule has 6 heteroatoms. The summed E-state index contributed by atoms with van der Waals surface area (Å²) < 4.78 is 0. The summed E-state index contributed by atoms with van der Waals surface area (Å²) in [6.07, 6.45) is 8.10. The summed E-state index contributed by atoms with van der Waals surface area (Å²) in [5.41, 5.74) is 5.33. The maximum absolute atomic E-state index is 11.9. The lowest BCUT2D eigenvalue weighted by Crippen LogP contribution is -2.50. The van der Waals surface area contributed by atoms with Crippen LogP contribution >= 0.6 is 0 Å². The number of hydrogen-bond acceptors (Lipinski definition) is 3. The molecule has 0 spiro atoms. The van der Waals surface area contributed by atoms with Crippen LogP contribution in [0.15, 0.2) is 0 Å². The minimum Gasteiger partial charge on any atom is -0.368 e. The summed E-state index contributed by atoms with van der Waals surface area (Å²) in [4.78, 5) is 34.4. The van der Waals surface area contributed by atoms with Crippen molar-refractivity contribution in [3.05, 3.63) is 0 Å². The Morgan fingerprint density at radius 1 is 1.29 bits per heavy atom. The van der Waals surface area contributed by atoms with Gasteiger partial charge in [0.1, 0.15) is 12.1 Å². The number of hydrogen-bond donors (Lipinski definition) is 3. The van der Waals surface area contributed by atoms with E-state index in [-0.39, 0.29) is 11.8 Å². The van der Waals surface area contributed by atoms with Crippen LogP contribution < -0.4 is 16.4 Å². The van der Waals surface area contributed by atoms with Gasteiger partial charge in [-0.3, -0.25) is 14.4 Å². The Morgan fingerprint density at radius 3 is 2.52 bits per heavy atom. The van der Waals surface area contributed by atoms with Gasteiger partial charge >= 0.3 is 0 Å². The van der Waals surface area contributed by atoms with E-state index in [4.69, 9.17) is 5.73 Å². The van der Waals surface area contributed by atoms with Crippen molar-refractivity contribution < 1.29 is 14.4 Å². The van der Waals surface area contributed by atoms with E-state index in [1.165, 1.54) is 19.3 Å². The monoisotopic (exact) mass is 297 g/mol. The van der Waals surface area contributed by atoms with Crippen molar-refractivity contribution in [1.82, 2.24) is 10.6 Å². The van der Waals surface area contributed by atoms with E-state index in [1.54, 1.807) is 0 Å². The molecule has 0 aromatic rings. The van der Waals surface area contributed by atoms with Crippen molar-refractivity contribution in [3.63, 3.8) is 0 Å². The van der Waals surface area contributed by atoms with Crippen LogP contribution in [0.2, 0.25) is 0 Å². The quantitative estimate of drug-likeness (QED) is 0.524. The Kier molecular flexibility index (Phi) is 7.79. The van der Waals surface area contributed by atoms with Crippen molar-refractivity contribution in [2.24, 2.45) is 5.73 Å². The predicted molar refractivity (Wildman–Crippen MR) is 80.3 cm³/mol. The second kappa shape index (κ2) is 9.37. The van der Waals surface area contributed by atoms with Gasteiger partial charge in [0.15, 0.2) is 0 Å². The van der Waals surface area contributed by atoms with Gasteiger partial charge in [-0.2, -0.15) is 0 Å². The van der Waals surface area contributed by atoms with E-state index < -0.39 is 18.0 Å². The molecule has 0 saturated carbocycles. The minimum atomic E-state index is -0.638. The molecule has 1 fully saturated rings. The topological polar surface area (TPSA) is 101 Å². The molecule has 0 unspecified atom stereocenters. The van der Waals surface area contributed by atoms with E-state index in [2.05, 4.69) is 17.6 Å². The molecular weight excluding hydrogens is 270 g/mol. The molecule has 21 heavy (non-hydrogen) atoms. The van der Waals surface area contributed by atoms with Gasteiger partial charge in [-0.25, -0.2) is 0 Å². The van der Waals surface area contributed by atoms with Crippen LogP contribution in [0, 0.1) is 0 Å². The molecule has 120 valence electrons. The first-order valence-corrected chi connectivity index (χ1v) is 7.93. The number of amides is 3. The number of rotatable bonds is 10. The molecule has 2 atom stereocenters. The van der Waals surface area contributed by atoms with Gasteiger partial charge in [0, 0.05) is 6.42 Å². The van der Waals surface area contributed by atoms with Gasteiger partial charge in [0.25, 0.3) is 0 Å². The molecule has 4 N–H and O–H groups in total. The third kappa shape index (κ3) is 6.60. The molecule has 0 aliphatic carbocycles. The first kappa shape index (κ1) is 17.5. The van der Waals surface area contributed by atoms with Gasteiger partial charge < -0.3 is 16.4 Å². The molecule has 1 heterocycles. The zero-order valence-electron chi connectivity index (χ0n) is 12.8. The summed E-state index contributed by atoms with van der Waals surface area (Å²) in [7, 11) is 0. The average Bonchev–Trinajstić information content (AvgIpc) is 2.87. The number of carbonyl (C=O) groups is 3. The van der Waals surface area contributed by atoms with Crippen molar-refractivity contribution in [2.75, 3.05) is 0 Å². The lowest BCUT2D eigenvalue weighted by molar-refractivity contribution is -0.129. The van der Waals surface area contributed by atoms with E-state index in [9.17, 15) is 14.4 Å². The van der Waals surface area contributed by atoms with Crippen LogP contribution in [0.4, 0.5) is 0 Å². The van der Waals surface area contributed by atoms with Crippen LogP contribution in [0.1, 0.15) is 64.7 Å². The third-order valence-corrected chi connectivity index (χ3v) is 3.82. The number of nitrogens with one attached hydrogen (secondary N) is 2. The fourth-order valence-corrected chi connectivity index (χ4v) is 2.50. The fourth-order valence-electron chi connectivity index (χ4n) is 2.50. The van der Waals surface area contributed by atoms with Gasteiger partial charge in [-0.1, -0.05) is 45.4 Å². The standard InChI is InChI=1S/C15H27N3O3/c1-2-3-4-5-6-7-8-11(14(16)20)18-15(21)12-9-10-13(19)17-12/h11-12H,2-10H2,1H3,(H2,16,20)(H,17,19)(H,18,21)/t11-,12-/m0/s1. The van der Waals surface area contributed by atoms with Gasteiger partial charge in [-0.15, -0.1) is 0 Å². The number of carbonyl (C=O) groups excluding carboxylic acids is 3. The molecule has 0 radical (unpaired) electrons. The van der Waals surface area contributed by atoms with Crippen molar-refractivity contribution >= 4 is 17.7 Å². The second-order valence-corrected chi connectivity index (χ2v) is 5.68. The van der Waals surface area contributed by atoms with Crippen molar-refractivity contribution in [2.45, 2.75) is 76.8 Å². The van der Waals surface area contributed by atoms with Gasteiger partial charge in [-0.05, 0) is 12.8 Å². The van der Waals surface area contributed by atoms with Crippen LogP contribution in [0.3, 0.4) is 0 Å². The summed E-state index contributed by atoms with van der Waals surface area (Å²) >= 11 is 0. The summed E-state index contributed by atoms with van der Waals surface area (Å²) in [5, 5.41) is 5.24. The van der Waals surface area contributed by atoms with Crippen LogP contribution in [0.5, 0.6) is 0 Å². The molecular formula is C15H27N3O3. The van der Waals surface area contributed by atoms with Crippen molar-refractivity contribution in [3.8, 4) is 0 Å². The molecule has 6 nitrogen and oxygen atoms in total. The van der Waals surface area contributed by atoms with Crippen LogP contribution in [-0.4, -0.2) is 29.8 Å². The summed E-state index contributed by atoms with van der Waals surface area (Å²) in [6.45, 7) is 2.17. The Bertz CT molecular complexity index is 371. The molecule has 1 aliphatic rings. The Balaban J connectivity index is 2.27. The number of primary amides is 1. The van der Waals surface area contributed by atoms with Crippen molar-refractivity contribution in [1.29, 1.82) is 0 Å². The first-order valence-electron chi connectivity index (χ1n) is 7.93. The molecule has 0 aromatic carbocycles. The summed E-state index contributed by atoms with van der Waals surface area (Å²) in [5.74, 6) is -0.946. The highest BCUT2D eigenvalue weighted by molar-refractivity contribution is 5.93. The maximum atomic E-state index is 11.9. The fraction of sp³-hybridized carbons (Fsp3) is 0.800. The van der Waals surface area contributed by atoms with E-state index in [0.717, 1.165) is 19.3 Å². The highest BCUT2D eigenvalue weighted by Crippen LogP contribution is 2.10. The minimum absolute atomic E-state index is 0.123. The average molecular weight is 297 g/mol. The smallest absolute Gasteiger partial charge is 0.243 e. The van der Waals surface area contributed by atoms with Gasteiger partial charge in [0.05, 0.1) is 0 Å². The molecule has 1 rings (SSSR count). The highest BCUT2D eigenvalue weighted by Gasteiger charge is 2.29. The molecule has 0 aromatic heterocycles. The van der Waals surface area contributed by atoms with Crippen LogP contribution in [0.25, 0.3) is 0 Å². The Hall–Kier alpha value is -1.59. The third-order valence-electron chi connectivity index (χ3n) is 3.82. The largest absolute Gasteiger partial charge is 0.368 e. The molecule has 1 aliphatic heterocycles. The summed E-state index contributed by atoms with van der Waals surface area (Å²) in [6, 6.07) is -1.16. The Morgan fingerprint density at radius 2 is 1.95 bits per heavy atom. The highest BCUT2D eigenvalue weighted by atomic mass is 16.2. The molecule has 1 saturated heterocycles. The normalized spacial score (nSPS) is 19.1. The number of nitrogens with two attached hydrogens (primary N) is 1. The lowest BCUT2D eigenvalue weighted by Gasteiger charge is -2.18. The zero-order valence-corrected chi connectivity index (χ0v) is 12.8. The predicted octanol–water partition coefficient (Wildman–Crippen LogP) is 0.986. The van der Waals surface area contributed by atoms with E-state index in [0.29, 0.717) is 19.3 Å². The maximum Gasteiger partial charge on any atom is 0.243 e. The Labute approximate surface area is 126 Å². The zero-order chi connectivity index (χ0) is 15.7. The van der Waals surface area contributed by atoms with E-state index >= 15 is 0 Å². The number of unbranched alkanes of at least 4 members (excludes halogenated alkanes) is 5. The molecule has 3 amide bonds. The SMILES string of the molecule is CCCCCCCC[C@H](NC(=O)[C@@H]1CCC(=O)N1)C(N)=O.